The van der Waals surface area contributed by atoms with Gasteiger partial charge in [0, 0.05) is 0 Å². The maximum Gasteiger partial charge on any atom is 0.308 e. The molecule has 0 aromatic heterocycles. The fraction of sp³-hybridized carbons (Fsp3) is 0.462. The van der Waals surface area contributed by atoms with Gasteiger partial charge in [0.1, 0.15) is 11.5 Å². The van der Waals surface area contributed by atoms with E-state index in [1.165, 1.54) is 5.56 Å². The summed E-state index contributed by atoms with van der Waals surface area (Å²) in [6.07, 6.45) is 4.73. The Balaban J connectivity index is 0.00000256. The van der Waals surface area contributed by atoms with Crippen molar-refractivity contribution in [3.05, 3.63) is 35.9 Å². The summed E-state index contributed by atoms with van der Waals surface area (Å²) >= 11 is 0. The van der Waals surface area contributed by atoms with Gasteiger partial charge in [-0.05, 0) is 29.3 Å². The van der Waals surface area contributed by atoms with Gasteiger partial charge in [0.25, 0.3) is 0 Å². The lowest BCUT2D eigenvalue weighted by atomic mass is 10.1. The molecular formula is C13H19ClO2S. The largest absolute Gasteiger partial charge is 1.00 e. The van der Waals surface area contributed by atoms with Gasteiger partial charge in [0.2, 0.25) is 0 Å². The van der Waals surface area contributed by atoms with Crippen LogP contribution in [0.5, 0.6) is 0 Å². The third-order valence-electron chi connectivity index (χ3n) is 2.47. The van der Waals surface area contributed by atoms with Crippen LogP contribution in [0.4, 0.5) is 0 Å². The number of benzene rings is 1. The summed E-state index contributed by atoms with van der Waals surface area (Å²) in [5, 5.41) is 8.57. The normalized spacial score (nSPS) is 11.6. The van der Waals surface area contributed by atoms with Gasteiger partial charge in [0.15, 0.2) is 0 Å². The summed E-state index contributed by atoms with van der Waals surface area (Å²) in [5.41, 5.74) is 1.37. The SMILES string of the molecule is C[S+](CCCc1ccccc1)CCC(=O)O.[Cl-]. The summed E-state index contributed by atoms with van der Waals surface area (Å²) in [7, 11) is 0.255. The van der Waals surface area contributed by atoms with Crippen molar-refractivity contribution < 1.29 is 22.3 Å². The van der Waals surface area contributed by atoms with Crippen LogP contribution in [0.1, 0.15) is 18.4 Å². The second-order valence-corrected chi connectivity index (χ2v) is 6.30. The second-order valence-electron chi connectivity index (χ2n) is 3.92. The zero-order valence-electron chi connectivity index (χ0n) is 10.1. The molecule has 1 atom stereocenters. The van der Waals surface area contributed by atoms with E-state index in [1.807, 2.05) is 6.07 Å². The third kappa shape index (κ3) is 8.11. The molecule has 96 valence electrons. The topological polar surface area (TPSA) is 37.3 Å². The molecule has 0 heterocycles. The van der Waals surface area contributed by atoms with Gasteiger partial charge in [-0.15, -0.1) is 0 Å². The Bertz CT molecular complexity index is 316. The van der Waals surface area contributed by atoms with Crippen LogP contribution in [0.15, 0.2) is 30.3 Å². The number of carboxylic acid groups (broad SMARTS) is 1. The molecule has 4 heteroatoms. The minimum Gasteiger partial charge on any atom is -1.00 e. The average molecular weight is 275 g/mol. The Hall–Kier alpha value is -0.670. The highest BCUT2D eigenvalue weighted by Gasteiger charge is 2.12. The first-order valence-electron chi connectivity index (χ1n) is 5.53. The lowest BCUT2D eigenvalue weighted by Crippen LogP contribution is -3.00. The molecule has 1 N–H and O–H groups in total. The Labute approximate surface area is 112 Å². The lowest BCUT2D eigenvalue weighted by Gasteiger charge is -2.02. The van der Waals surface area contributed by atoms with Crippen molar-refractivity contribution in [3.63, 3.8) is 0 Å². The van der Waals surface area contributed by atoms with Crippen LogP contribution in [0.25, 0.3) is 0 Å². The first-order valence-corrected chi connectivity index (χ1v) is 7.50. The van der Waals surface area contributed by atoms with E-state index in [1.54, 1.807) is 0 Å². The van der Waals surface area contributed by atoms with Gasteiger partial charge in [-0.2, -0.15) is 0 Å². The van der Waals surface area contributed by atoms with Crippen molar-refractivity contribution in [2.24, 2.45) is 0 Å². The fourth-order valence-electron chi connectivity index (χ4n) is 1.53. The number of rotatable bonds is 7. The van der Waals surface area contributed by atoms with Gasteiger partial charge < -0.3 is 17.5 Å². The van der Waals surface area contributed by atoms with E-state index in [-0.39, 0.29) is 23.3 Å². The first-order chi connectivity index (χ1) is 7.68. The minimum absolute atomic E-state index is 0. The summed E-state index contributed by atoms with van der Waals surface area (Å²) in [6.45, 7) is 0. The molecule has 0 bridgehead atoms. The molecule has 1 aromatic rings. The Kier molecular flexibility index (Phi) is 9.00. The first kappa shape index (κ1) is 16.3. The highest BCUT2D eigenvalue weighted by Crippen LogP contribution is 2.05. The van der Waals surface area contributed by atoms with Crippen molar-refractivity contribution in [2.45, 2.75) is 19.3 Å². The minimum atomic E-state index is -0.678. The van der Waals surface area contributed by atoms with Crippen LogP contribution in [-0.4, -0.2) is 28.8 Å². The number of hydrogen-bond acceptors (Lipinski definition) is 1. The van der Waals surface area contributed by atoms with Crippen LogP contribution in [0.3, 0.4) is 0 Å². The zero-order valence-corrected chi connectivity index (χ0v) is 11.6. The third-order valence-corrected chi connectivity index (χ3v) is 4.35. The number of halogens is 1. The molecule has 0 aliphatic carbocycles. The quantitative estimate of drug-likeness (QED) is 0.671. The van der Waals surface area contributed by atoms with Crippen LogP contribution >= 0.6 is 0 Å². The van der Waals surface area contributed by atoms with Gasteiger partial charge in [-0.1, -0.05) is 30.3 Å². The van der Waals surface area contributed by atoms with Crippen LogP contribution < -0.4 is 12.4 Å². The lowest BCUT2D eigenvalue weighted by molar-refractivity contribution is -0.136. The predicted octanol–water partition coefficient (Wildman–Crippen LogP) is -0.654. The molecule has 0 fully saturated rings. The fourth-order valence-corrected chi connectivity index (χ4v) is 2.90. The Morgan fingerprint density at radius 3 is 2.47 bits per heavy atom. The smallest absolute Gasteiger partial charge is 0.308 e. The molecule has 0 aliphatic heterocycles. The Morgan fingerprint density at radius 2 is 1.88 bits per heavy atom. The standard InChI is InChI=1S/C13H18O2S.ClH/c1-16(11-9-13(14)15)10-5-8-12-6-3-2-4-7-12;/h2-4,6-7H,5,8-11H2,1H3;1H. The van der Waals surface area contributed by atoms with E-state index in [9.17, 15) is 4.79 Å². The van der Waals surface area contributed by atoms with Crippen LogP contribution in [0.2, 0.25) is 0 Å². The molecule has 0 spiro atoms. The highest BCUT2D eigenvalue weighted by atomic mass is 35.5. The monoisotopic (exact) mass is 274 g/mol. The van der Waals surface area contributed by atoms with Gasteiger partial charge in [-0.25, -0.2) is 0 Å². The number of carboxylic acids is 1. The van der Waals surface area contributed by atoms with E-state index in [0.717, 1.165) is 24.3 Å². The van der Waals surface area contributed by atoms with E-state index >= 15 is 0 Å². The van der Waals surface area contributed by atoms with Crippen LogP contribution in [0, 0.1) is 0 Å². The van der Waals surface area contributed by atoms with E-state index in [0.29, 0.717) is 6.42 Å². The molecular weight excluding hydrogens is 256 g/mol. The molecule has 0 saturated carbocycles. The van der Waals surface area contributed by atoms with Crippen LogP contribution in [-0.2, 0) is 22.1 Å². The molecule has 0 radical (unpaired) electrons. The molecule has 1 aromatic carbocycles. The van der Waals surface area contributed by atoms with Gasteiger partial charge in [-0.3, -0.25) is 4.79 Å². The van der Waals surface area contributed by atoms with Crippen molar-refractivity contribution in [1.82, 2.24) is 0 Å². The Morgan fingerprint density at radius 1 is 1.24 bits per heavy atom. The predicted molar refractivity (Wildman–Crippen MR) is 70.0 cm³/mol. The van der Waals surface area contributed by atoms with Gasteiger partial charge >= 0.3 is 5.97 Å². The van der Waals surface area contributed by atoms with E-state index < -0.39 is 5.97 Å². The van der Waals surface area contributed by atoms with Crippen molar-refractivity contribution >= 4 is 16.9 Å². The van der Waals surface area contributed by atoms with Crippen molar-refractivity contribution in [2.75, 3.05) is 17.8 Å². The van der Waals surface area contributed by atoms with Crippen molar-refractivity contribution in [1.29, 1.82) is 0 Å². The van der Waals surface area contributed by atoms with Crippen molar-refractivity contribution in [3.8, 4) is 0 Å². The maximum absolute atomic E-state index is 10.4. The summed E-state index contributed by atoms with van der Waals surface area (Å²) < 4.78 is 0. The molecule has 17 heavy (non-hydrogen) atoms. The number of aryl methyl sites for hydroxylation is 1. The number of carbonyl (C=O) groups is 1. The summed E-state index contributed by atoms with van der Waals surface area (Å²) in [4.78, 5) is 10.4. The summed E-state index contributed by atoms with van der Waals surface area (Å²) in [6, 6.07) is 10.4. The molecule has 1 unspecified atom stereocenters. The number of hydrogen-bond donors (Lipinski definition) is 1. The number of aliphatic carboxylic acids is 1. The molecule has 2 nitrogen and oxygen atoms in total. The average Bonchev–Trinajstić information content (AvgIpc) is 2.28. The molecule has 0 amide bonds. The van der Waals surface area contributed by atoms with E-state index in [2.05, 4.69) is 30.5 Å². The molecule has 0 saturated heterocycles. The summed E-state index contributed by atoms with van der Waals surface area (Å²) in [5.74, 6) is 1.29. The molecule has 0 aliphatic rings. The molecule has 1 rings (SSSR count). The maximum atomic E-state index is 10.4. The second kappa shape index (κ2) is 9.37. The zero-order chi connectivity index (χ0) is 11.8. The van der Waals surface area contributed by atoms with Gasteiger partial charge in [0.05, 0.1) is 12.7 Å². The highest BCUT2D eigenvalue weighted by molar-refractivity contribution is 7.96. The van der Waals surface area contributed by atoms with E-state index in [4.69, 9.17) is 5.11 Å².